The second-order valence-electron chi connectivity index (χ2n) is 10.3. The van der Waals surface area contributed by atoms with Gasteiger partial charge in [-0.3, -0.25) is 0 Å². The van der Waals surface area contributed by atoms with E-state index in [-0.39, 0.29) is 30.2 Å². The minimum Gasteiger partial charge on any atom is -0.206 e. The number of aryl methyl sites for hydroxylation is 1. The molecule has 2 unspecified atom stereocenters. The van der Waals surface area contributed by atoms with E-state index in [2.05, 4.69) is 13.0 Å². The summed E-state index contributed by atoms with van der Waals surface area (Å²) < 4.78 is 60.8. The Balaban J connectivity index is 1.48. The van der Waals surface area contributed by atoms with Crippen LogP contribution in [0, 0.1) is 17.6 Å². The second kappa shape index (κ2) is 10.7. The quantitative estimate of drug-likeness (QED) is 0.290. The Kier molecular flexibility index (Phi) is 7.84. The topological polar surface area (TPSA) is 0 Å². The van der Waals surface area contributed by atoms with Crippen LogP contribution in [0.3, 0.4) is 0 Å². The lowest BCUT2D eigenvalue weighted by molar-refractivity contribution is -0.0625. The summed E-state index contributed by atoms with van der Waals surface area (Å²) in [6.45, 7) is 4.10. The molecule has 0 nitrogen and oxygen atoms in total. The van der Waals surface area contributed by atoms with Crippen molar-refractivity contribution >= 4 is 0 Å². The highest BCUT2D eigenvalue weighted by Crippen LogP contribution is 2.51. The highest BCUT2D eigenvalue weighted by Gasteiger charge is 2.47. The Hall–Kier alpha value is -2.10. The van der Waals surface area contributed by atoms with E-state index in [1.807, 2.05) is 37.3 Å². The van der Waals surface area contributed by atoms with Crippen molar-refractivity contribution in [2.45, 2.75) is 95.3 Å². The zero-order valence-corrected chi connectivity index (χ0v) is 20.3. The number of halogens is 4. The van der Waals surface area contributed by atoms with Crippen molar-refractivity contribution < 1.29 is 17.6 Å². The molecule has 0 N–H and O–H groups in total. The van der Waals surface area contributed by atoms with Crippen LogP contribution < -0.4 is 0 Å². The summed E-state index contributed by atoms with van der Waals surface area (Å²) in [5, 5.41) is 0. The Morgan fingerprint density at radius 1 is 0.824 bits per heavy atom. The van der Waals surface area contributed by atoms with Crippen molar-refractivity contribution in [3.8, 4) is 0 Å². The number of alkyl halides is 2. The fourth-order valence-corrected chi connectivity index (χ4v) is 6.12. The van der Waals surface area contributed by atoms with Gasteiger partial charge < -0.3 is 0 Å². The molecule has 2 fully saturated rings. The predicted molar refractivity (Wildman–Crippen MR) is 131 cm³/mol. The van der Waals surface area contributed by atoms with Gasteiger partial charge in [-0.2, -0.15) is 0 Å². The Labute approximate surface area is 201 Å². The Morgan fingerprint density at radius 3 is 2.06 bits per heavy atom. The van der Waals surface area contributed by atoms with Crippen molar-refractivity contribution in [2.75, 3.05) is 0 Å². The highest BCUT2D eigenvalue weighted by molar-refractivity contribution is 5.34. The van der Waals surface area contributed by atoms with Gasteiger partial charge in [-0.25, -0.2) is 17.6 Å². The van der Waals surface area contributed by atoms with Crippen molar-refractivity contribution in [3.63, 3.8) is 0 Å². The monoisotopic (exact) mass is 472 g/mol. The van der Waals surface area contributed by atoms with E-state index in [0.717, 1.165) is 44.1 Å². The van der Waals surface area contributed by atoms with Gasteiger partial charge in [0.1, 0.15) is 0 Å². The normalized spacial score (nSPS) is 27.2. The minimum atomic E-state index is -3.08. The first-order valence-electron chi connectivity index (χ1n) is 12.9. The summed E-state index contributed by atoms with van der Waals surface area (Å²) >= 11 is 0. The summed E-state index contributed by atoms with van der Waals surface area (Å²) in [6.07, 6.45) is 10.1. The molecule has 2 aromatic carbocycles. The Bertz CT molecular complexity index is 984. The average molecular weight is 473 g/mol. The van der Waals surface area contributed by atoms with E-state index in [9.17, 15) is 0 Å². The third kappa shape index (κ3) is 5.26. The average Bonchev–Trinajstić information content (AvgIpc) is 2.82. The molecular formula is C30H36F4. The van der Waals surface area contributed by atoms with Crippen LogP contribution in [0.25, 0.3) is 0 Å². The molecule has 2 aromatic rings. The molecule has 2 aliphatic rings. The maximum atomic E-state index is 15.3. The molecule has 2 atom stereocenters. The van der Waals surface area contributed by atoms with Crippen LogP contribution in [-0.4, -0.2) is 5.92 Å². The van der Waals surface area contributed by atoms with Crippen molar-refractivity contribution in [3.05, 3.63) is 82.4 Å². The fraction of sp³-hybridized carbons (Fsp3) is 0.533. The largest absolute Gasteiger partial charge is 0.255 e. The first-order valence-corrected chi connectivity index (χ1v) is 12.9. The van der Waals surface area contributed by atoms with Crippen LogP contribution in [0.4, 0.5) is 17.6 Å². The van der Waals surface area contributed by atoms with Crippen LogP contribution in [0.1, 0.15) is 105 Å². The van der Waals surface area contributed by atoms with E-state index in [4.69, 9.17) is 0 Å². The minimum absolute atomic E-state index is 0.0445. The molecule has 0 heterocycles. The van der Waals surface area contributed by atoms with Gasteiger partial charge in [0.2, 0.25) is 0 Å². The highest BCUT2D eigenvalue weighted by atomic mass is 19.3. The van der Waals surface area contributed by atoms with E-state index < -0.39 is 23.5 Å². The van der Waals surface area contributed by atoms with Crippen LogP contribution in [0.2, 0.25) is 0 Å². The second-order valence-corrected chi connectivity index (χ2v) is 10.3. The van der Waals surface area contributed by atoms with Gasteiger partial charge in [0.15, 0.2) is 11.6 Å². The molecule has 2 aliphatic carbocycles. The molecule has 4 rings (SSSR count). The van der Waals surface area contributed by atoms with Crippen molar-refractivity contribution in [1.82, 2.24) is 0 Å². The van der Waals surface area contributed by atoms with Crippen molar-refractivity contribution in [1.29, 1.82) is 0 Å². The third-order valence-electron chi connectivity index (χ3n) is 8.02. The smallest absolute Gasteiger partial charge is 0.206 e. The predicted octanol–water partition coefficient (Wildman–Crippen LogP) is 9.45. The summed E-state index contributed by atoms with van der Waals surface area (Å²) in [5.74, 6) is -6.16. The summed E-state index contributed by atoms with van der Waals surface area (Å²) in [4.78, 5) is 0. The van der Waals surface area contributed by atoms with Crippen LogP contribution in [0.5, 0.6) is 0 Å². The van der Waals surface area contributed by atoms with E-state index in [0.29, 0.717) is 17.9 Å². The molecule has 0 spiro atoms. The van der Waals surface area contributed by atoms with Gasteiger partial charge in [-0.05, 0) is 91.9 Å². The standard InChI is InChI=1S/C30H36F4/c1-3-5-20-7-11-22(12-8-20)24-15-18-27(30(33,34)19-24)26-17-16-25(28(31)29(26)32)23-13-9-21(6-4-2)10-14-23/h4,6-8,11-12,16-17,21,23-24,27H,3,5,9-10,13-15,18-19H2,1-2H3/b6-4+. The van der Waals surface area contributed by atoms with Gasteiger partial charge in [0.05, 0.1) is 5.92 Å². The molecule has 34 heavy (non-hydrogen) atoms. The molecule has 4 heteroatoms. The van der Waals surface area contributed by atoms with Gasteiger partial charge in [0, 0.05) is 6.42 Å². The van der Waals surface area contributed by atoms with Crippen LogP contribution >= 0.6 is 0 Å². The Morgan fingerprint density at radius 2 is 1.44 bits per heavy atom. The number of hydrogen-bond donors (Lipinski definition) is 0. The molecule has 184 valence electrons. The molecule has 0 aliphatic heterocycles. The lowest BCUT2D eigenvalue weighted by Gasteiger charge is -2.37. The lowest BCUT2D eigenvalue weighted by Crippen LogP contribution is -2.34. The molecule has 0 saturated heterocycles. The summed E-state index contributed by atoms with van der Waals surface area (Å²) in [7, 11) is 0. The van der Waals surface area contributed by atoms with E-state index in [1.165, 1.54) is 11.6 Å². The number of rotatable bonds is 6. The molecular weight excluding hydrogens is 436 g/mol. The maximum absolute atomic E-state index is 15.3. The van der Waals surface area contributed by atoms with E-state index in [1.54, 1.807) is 6.07 Å². The lowest BCUT2D eigenvalue weighted by atomic mass is 9.72. The molecule has 0 radical (unpaired) electrons. The zero-order chi connectivity index (χ0) is 24.3. The molecule has 2 saturated carbocycles. The van der Waals surface area contributed by atoms with Gasteiger partial charge in [-0.15, -0.1) is 0 Å². The molecule has 0 amide bonds. The number of hydrogen-bond acceptors (Lipinski definition) is 0. The summed E-state index contributed by atoms with van der Waals surface area (Å²) in [6, 6.07) is 10.9. The first-order chi connectivity index (χ1) is 16.3. The van der Waals surface area contributed by atoms with Crippen LogP contribution in [0.15, 0.2) is 48.6 Å². The van der Waals surface area contributed by atoms with Gasteiger partial charge in [-0.1, -0.05) is 61.9 Å². The van der Waals surface area contributed by atoms with Crippen LogP contribution in [-0.2, 0) is 6.42 Å². The van der Waals surface area contributed by atoms with Crippen molar-refractivity contribution in [2.24, 2.45) is 5.92 Å². The first kappa shape index (κ1) is 25.0. The molecule has 0 bridgehead atoms. The summed E-state index contributed by atoms with van der Waals surface area (Å²) in [5.41, 5.74) is 2.31. The maximum Gasteiger partial charge on any atom is 0.255 e. The SMILES string of the molecule is C/C=C/C1CCC(c2ccc(C3CCC(c4ccc(CCC)cc4)CC3(F)F)c(F)c2F)CC1. The number of allylic oxidation sites excluding steroid dienone is 2. The van der Waals surface area contributed by atoms with Gasteiger partial charge in [0.25, 0.3) is 5.92 Å². The van der Waals surface area contributed by atoms with Gasteiger partial charge >= 0.3 is 0 Å². The zero-order valence-electron chi connectivity index (χ0n) is 20.3. The number of benzene rings is 2. The third-order valence-corrected chi connectivity index (χ3v) is 8.02. The molecule has 0 aromatic heterocycles. The fourth-order valence-electron chi connectivity index (χ4n) is 6.12. The van der Waals surface area contributed by atoms with E-state index >= 15 is 17.6 Å².